The quantitative estimate of drug-likeness (QED) is 0.712. The highest BCUT2D eigenvalue weighted by Gasteiger charge is 2.28. The molecule has 0 aliphatic carbocycles. The first-order valence-corrected chi connectivity index (χ1v) is 7.49. The van der Waals surface area contributed by atoms with E-state index in [0.29, 0.717) is 12.0 Å². The lowest BCUT2D eigenvalue weighted by Crippen LogP contribution is -2.56. The van der Waals surface area contributed by atoms with Crippen LogP contribution in [0.25, 0.3) is 0 Å². The van der Waals surface area contributed by atoms with Gasteiger partial charge in [-0.25, -0.2) is 0 Å². The van der Waals surface area contributed by atoms with Crippen LogP contribution in [0.2, 0.25) is 0 Å². The molecule has 110 valence electrons. The smallest absolute Gasteiger partial charge is 0.225 e. The maximum absolute atomic E-state index is 11.9. The number of nitrogens with zero attached hydrogens (tertiary/aromatic N) is 2. The van der Waals surface area contributed by atoms with E-state index in [1.54, 1.807) is 0 Å². The van der Waals surface area contributed by atoms with Gasteiger partial charge in [-0.1, -0.05) is 13.8 Å². The van der Waals surface area contributed by atoms with Crippen LogP contribution in [0.3, 0.4) is 0 Å². The zero-order valence-corrected chi connectivity index (χ0v) is 12.5. The molecule has 1 unspecified atom stereocenters. The van der Waals surface area contributed by atoms with Crippen LogP contribution in [0, 0.1) is 11.8 Å². The van der Waals surface area contributed by atoms with Gasteiger partial charge < -0.3 is 15.5 Å². The number of hydrogen-bond acceptors (Lipinski definition) is 4. The molecule has 2 saturated heterocycles. The molecule has 0 aromatic heterocycles. The molecule has 2 N–H and O–H groups in total. The lowest BCUT2D eigenvalue weighted by Gasteiger charge is -2.40. The largest absolute Gasteiger partial charge is 0.354 e. The molecular weight excluding hydrogens is 240 g/mol. The lowest BCUT2D eigenvalue weighted by molar-refractivity contribution is -0.126. The summed E-state index contributed by atoms with van der Waals surface area (Å²) in [7, 11) is 2.17. The molecule has 0 radical (unpaired) electrons. The number of carbonyl (C=O) groups is 1. The minimum absolute atomic E-state index is 0.195. The van der Waals surface area contributed by atoms with Crippen LogP contribution in [0.4, 0.5) is 0 Å². The maximum atomic E-state index is 11.9. The van der Waals surface area contributed by atoms with Crippen LogP contribution < -0.4 is 10.6 Å². The Bertz CT molecular complexity index is 296. The highest BCUT2D eigenvalue weighted by molar-refractivity contribution is 5.80. The third-order valence-electron chi connectivity index (χ3n) is 4.41. The van der Waals surface area contributed by atoms with E-state index in [0.717, 1.165) is 45.8 Å². The summed E-state index contributed by atoms with van der Waals surface area (Å²) in [5, 5.41) is 6.28. The molecule has 1 amide bonds. The fourth-order valence-corrected chi connectivity index (χ4v) is 2.76. The van der Waals surface area contributed by atoms with Crippen LogP contribution in [-0.4, -0.2) is 74.6 Å². The first kappa shape index (κ1) is 14.8. The third kappa shape index (κ3) is 3.91. The Morgan fingerprint density at radius 2 is 1.89 bits per heavy atom. The predicted molar refractivity (Wildman–Crippen MR) is 77.1 cm³/mol. The first-order chi connectivity index (χ1) is 9.08. The van der Waals surface area contributed by atoms with Crippen molar-refractivity contribution in [2.45, 2.75) is 19.9 Å². The van der Waals surface area contributed by atoms with Gasteiger partial charge in [0.2, 0.25) is 5.91 Å². The van der Waals surface area contributed by atoms with Gasteiger partial charge in [-0.2, -0.15) is 0 Å². The van der Waals surface area contributed by atoms with Gasteiger partial charge in [-0.15, -0.1) is 0 Å². The van der Waals surface area contributed by atoms with E-state index in [1.165, 1.54) is 0 Å². The van der Waals surface area contributed by atoms with E-state index >= 15 is 0 Å². The molecule has 2 rings (SSSR count). The Morgan fingerprint density at radius 1 is 1.26 bits per heavy atom. The third-order valence-corrected chi connectivity index (χ3v) is 4.41. The van der Waals surface area contributed by atoms with Crippen molar-refractivity contribution in [2.24, 2.45) is 11.8 Å². The number of hydrogen-bond donors (Lipinski definition) is 2. The van der Waals surface area contributed by atoms with Crippen LogP contribution in [0.15, 0.2) is 0 Å². The van der Waals surface area contributed by atoms with Crippen molar-refractivity contribution in [2.75, 3.05) is 52.9 Å². The van der Waals surface area contributed by atoms with Crippen LogP contribution in [-0.2, 0) is 4.79 Å². The van der Waals surface area contributed by atoms with Gasteiger partial charge in [0.1, 0.15) is 0 Å². The lowest BCUT2D eigenvalue weighted by atomic mass is 9.99. The highest BCUT2D eigenvalue weighted by atomic mass is 16.2. The van der Waals surface area contributed by atoms with E-state index in [1.807, 2.05) is 0 Å². The number of piperazine rings is 1. The Kier molecular flexibility index (Phi) is 5.19. The molecule has 2 aliphatic rings. The van der Waals surface area contributed by atoms with Crippen molar-refractivity contribution < 1.29 is 4.79 Å². The Labute approximate surface area is 116 Å². The summed E-state index contributed by atoms with van der Waals surface area (Å²) in [6.45, 7) is 11.4. The van der Waals surface area contributed by atoms with Crippen molar-refractivity contribution in [3.8, 4) is 0 Å². The Morgan fingerprint density at radius 3 is 2.37 bits per heavy atom. The minimum Gasteiger partial charge on any atom is -0.354 e. The Balaban J connectivity index is 1.80. The van der Waals surface area contributed by atoms with Gasteiger partial charge in [0.15, 0.2) is 0 Å². The fourth-order valence-electron chi connectivity index (χ4n) is 2.76. The van der Waals surface area contributed by atoms with E-state index in [2.05, 4.69) is 41.3 Å². The summed E-state index contributed by atoms with van der Waals surface area (Å²) >= 11 is 0. The van der Waals surface area contributed by atoms with Gasteiger partial charge in [-0.05, 0) is 13.0 Å². The van der Waals surface area contributed by atoms with Crippen molar-refractivity contribution in [1.82, 2.24) is 20.4 Å². The predicted octanol–water partition coefficient (Wildman–Crippen LogP) is -0.406. The molecule has 19 heavy (non-hydrogen) atoms. The van der Waals surface area contributed by atoms with Gasteiger partial charge in [0, 0.05) is 51.9 Å². The SMILES string of the molecule is CC(C)C(CNC(=O)C1CNC1)N1CCN(C)CC1. The highest BCUT2D eigenvalue weighted by Crippen LogP contribution is 2.13. The number of likely N-dealkylation sites (N-methyl/N-ethyl adjacent to an activating group) is 1. The van der Waals surface area contributed by atoms with Crippen molar-refractivity contribution >= 4 is 5.91 Å². The monoisotopic (exact) mass is 268 g/mol. The summed E-state index contributed by atoms with van der Waals surface area (Å²) in [5.74, 6) is 0.988. The number of amides is 1. The van der Waals surface area contributed by atoms with Crippen molar-refractivity contribution in [3.63, 3.8) is 0 Å². The molecular formula is C14H28N4O. The van der Waals surface area contributed by atoms with Gasteiger partial charge in [-0.3, -0.25) is 9.69 Å². The van der Waals surface area contributed by atoms with E-state index in [9.17, 15) is 4.79 Å². The molecule has 1 atom stereocenters. The molecule has 2 aliphatic heterocycles. The fraction of sp³-hybridized carbons (Fsp3) is 0.929. The zero-order valence-electron chi connectivity index (χ0n) is 12.5. The van der Waals surface area contributed by atoms with Crippen LogP contribution >= 0.6 is 0 Å². The zero-order chi connectivity index (χ0) is 13.8. The summed E-state index contributed by atoms with van der Waals surface area (Å²) < 4.78 is 0. The Hall–Kier alpha value is -0.650. The number of rotatable bonds is 5. The van der Waals surface area contributed by atoms with Crippen molar-refractivity contribution in [3.05, 3.63) is 0 Å². The minimum atomic E-state index is 0.195. The molecule has 5 heteroatoms. The second-order valence-electron chi connectivity index (χ2n) is 6.25. The summed E-state index contributed by atoms with van der Waals surface area (Å²) in [4.78, 5) is 16.8. The van der Waals surface area contributed by atoms with Crippen molar-refractivity contribution in [1.29, 1.82) is 0 Å². The maximum Gasteiger partial charge on any atom is 0.225 e. The average molecular weight is 268 g/mol. The van der Waals surface area contributed by atoms with E-state index in [-0.39, 0.29) is 11.8 Å². The van der Waals surface area contributed by atoms with Gasteiger partial charge in [0.25, 0.3) is 0 Å². The van der Waals surface area contributed by atoms with Crippen LogP contribution in [0.1, 0.15) is 13.8 Å². The van der Waals surface area contributed by atoms with E-state index < -0.39 is 0 Å². The molecule has 2 heterocycles. The van der Waals surface area contributed by atoms with E-state index in [4.69, 9.17) is 0 Å². The molecule has 2 fully saturated rings. The molecule has 0 aromatic rings. The number of carbonyl (C=O) groups excluding carboxylic acids is 1. The normalized spacial score (nSPS) is 24.2. The average Bonchev–Trinajstić information content (AvgIpc) is 2.29. The van der Waals surface area contributed by atoms with Gasteiger partial charge >= 0.3 is 0 Å². The molecule has 0 spiro atoms. The molecule has 5 nitrogen and oxygen atoms in total. The molecule has 0 saturated carbocycles. The summed E-state index contributed by atoms with van der Waals surface area (Å²) in [6, 6.07) is 0.464. The van der Waals surface area contributed by atoms with Gasteiger partial charge in [0.05, 0.1) is 5.92 Å². The standard InChI is InChI=1S/C14H28N4O/c1-11(2)13(18-6-4-17(3)5-7-18)10-16-14(19)12-8-15-9-12/h11-13,15H,4-10H2,1-3H3,(H,16,19). The molecule has 0 bridgehead atoms. The summed E-state index contributed by atoms with van der Waals surface area (Å²) in [5.41, 5.74) is 0. The van der Waals surface area contributed by atoms with Crippen LogP contribution in [0.5, 0.6) is 0 Å². The second kappa shape index (κ2) is 6.68. The second-order valence-corrected chi connectivity index (χ2v) is 6.25. The number of nitrogens with one attached hydrogen (secondary N) is 2. The summed E-state index contributed by atoms with van der Waals surface area (Å²) in [6.07, 6.45) is 0. The first-order valence-electron chi connectivity index (χ1n) is 7.49. The molecule has 0 aromatic carbocycles. The topological polar surface area (TPSA) is 47.6 Å².